The maximum absolute atomic E-state index is 10.0. The van der Waals surface area contributed by atoms with Crippen LogP contribution in [0.4, 0.5) is 0 Å². The number of aromatic nitrogens is 2. The van der Waals surface area contributed by atoms with E-state index in [0.717, 1.165) is 41.6 Å². The van der Waals surface area contributed by atoms with Crippen molar-refractivity contribution in [2.75, 3.05) is 0 Å². The van der Waals surface area contributed by atoms with Crippen LogP contribution in [0.25, 0.3) is 63.8 Å². The van der Waals surface area contributed by atoms with Gasteiger partial charge in [0.1, 0.15) is 21.5 Å². The number of hydrogen-bond acceptors (Lipinski definition) is 6. The van der Waals surface area contributed by atoms with Crippen LogP contribution in [0.2, 0.25) is 0 Å². The van der Waals surface area contributed by atoms with Crippen molar-refractivity contribution in [2.24, 2.45) is 0 Å². The van der Waals surface area contributed by atoms with E-state index in [4.69, 9.17) is 0 Å². The molecule has 0 bridgehead atoms. The van der Waals surface area contributed by atoms with Gasteiger partial charge in [-0.05, 0) is 47.5 Å². The van der Waals surface area contributed by atoms with Gasteiger partial charge in [-0.2, -0.15) is 0 Å². The number of para-hydroxylation sites is 2. The van der Waals surface area contributed by atoms with Gasteiger partial charge in [-0.25, -0.2) is 9.97 Å². The van der Waals surface area contributed by atoms with E-state index < -0.39 is 0 Å². The quantitative estimate of drug-likeness (QED) is 0.183. The first-order valence-electron chi connectivity index (χ1n) is 14.1. The summed E-state index contributed by atoms with van der Waals surface area (Å²) in [5.74, 6) is 0.533. The molecular weight excluding hydrogens is 646 g/mol. The molecule has 0 saturated carbocycles. The number of nitrogens with zero attached hydrogens (tertiary/aromatic N) is 2. The van der Waals surface area contributed by atoms with Gasteiger partial charge < -0.3 is 10.2 Å². The summed E-state index contributed by atoms with van der Waals surface area (Å²) in [5.41, 5.74) is 8.20. The molecule has 45 heavy (non-hydrogen) atoms. The first-order valence-corrected chi connectivity index (χ1v) is 15.8. The molecular formula is C38H26N2O2S2Zn. The van der Waals surface area contributed by atoms with Gasteiger partial charge in [-0.15, -0.1) is 22.7 Å². The largest absolute Gasteiger partial charge is 0.507 e. The second-order valence-corrected chi connectivity index (χ2v) is 12.1. The minimum atomic E-state index is 0. The summed E-state index contributed by atoms with van der Waals surface area (Å²) >= 11 is 3.23. The Morgan fingerprint density at radius 3 is 1.13 bits per heavy atom. The van der Waals surface area contributed by atoms with Gasteiger partial charge >= 0.3 is 0 Å². The van der Waals surface area contributed by atoms with Crippen LogP contribution >= 0.6 is 22.7 Å². The van der Waals surface area contributed by atoms with E-state index in [1.165, 1.54) is 22.3 Å². The first-order chi connectivity index (χ1) is 21.7. The fourth-order valence-electron chi connectivity index (χ4n) is 5.13. The maximum Gasteiger partial charge on any atom is 0.128 e. The monoisotopic (exact) mass is 670 g/mol. The van der Waals surface area contributed by atoms with Crippen LogP contribution < -0.4 is 0 Å². The van der Waals surface area contributed by atoms with E-state index in [0.29, 0.717) is 0 Å². The Morgan fingerprint density at radius 1 is 0.378 bits per heavy atom. The standard InChI is InChI=1S/2C19H13NOS.Zn/c2*21-17-12-5-4-9-15(17)19-20-16-11-6-10-14(18(16)22-19)13-7-2-1-3-8-13;/h2*1-12,21H;. The number of hydrogen-bond donors (Lipinski definition) is 2. The van der Waals surface area contributed by atoms with Crippen LogP contribution in [0.15, 0.2) is 146 Å². The van der Waals surface area contributed by atoms with Gasteiger partial charge in [-0.1, -0.05) is 109 Å². The molecule has 0 atom stereocenters. The summed E-state index contributed by atoms with van der Waals surface area (Å²) < 4.78 is 2.29. The Balaban J connectivity index is 0.000000155. The number of phenolic OH excluding ortho intramolecular Hbond substituents is 2. The first kappa shape index (κ1) is 30.4. The molecule has 0 aliphatic carbocycles. The SMILES string of the molecule is Oc1ccccc1-c1nc2cccc(-c3ccccc3)c2s1.Oc1ccccc1-c1nc2cccc(-c3ccccc3)c2s1.[Zn]. The average molecular weight is 672 g/mol. The fourth-order valence-corrected chi connectivity index (χ4v) is 7.40. The molecule has 6 aromatic carbocycles. The van der Waals surface area contributed by atoms with Crippen LogP contribution in [0.3, 0.4) is 0 Å². The van der Waals surface area contributed by atoms with Crippen molar-refractivity contribution in [2.45, 2.75) is 0 Å². The van der Waals surface area contributed by atoms with Gasteiger partial charge in [0.15, 0.2) is 0 Å². The molecule has 2 aromatic heterocycles. The number of aromatic hydroxyl groups is 2. The van der Waals surface area contributed by atoms with E-state index in [-0.39, 0.29) is 31.0 Å². The van der Waals surface area contributed by atoms with Crippen molar-refractivity contribution < 1.29 is 29.7 Å². The molecule has 7 heteroatoms. The third-order valence-electron chi connectivity index (χ3n) is 7.27. The molecule has 4 nitrogen and oxygen atoms in total. The smallest absolute Gasteiger partial charge is 0.128 e. The van der Waals surface area contributed by atoms with Crippen molar-refractivity contribution in [3.05, 3.63) is 146 Å². The zero-order chi connectivity index (χ0) is 29.9. The van der Waals surface area contributed by atoms with E-state index in [1.807, 2.05) is 97.1 Å². The Labute approximate surface area is 281 Å². The minimum Gasteiger partial charge on any atom is -0.507 e. The minimum absolute atomic E-state index is 0. The van der Waals surface area contributed by atoms with Gasteiger partial charge in [0, 0.05) is 30.6 Å². The predicted octanol–water partition coefficient (Wildman–Crippen LogP) is 10.7. The summed E-state index contributed by atoms with van der Waals surface area (Å²) in [6.45, 7) is 0. The van der Waals surface area contributed by atoms with Crippen LogP contribution in [0.1, 0.15) is 0 Å². The predicted molar refractivity (Wildman–Crippen MR) is 184 cm³/mol. The van der Waals surface area contributed by atoms with E-state index in [2.05, 4.69) is 46.4 Å². The van der Waals surface area contributed by atoms with Crippen molar-refractivity contribution in [1.29, 1.82) is 0 Å². The third kappa shape index (κ3) is 6.29. The van der Waals surface area contributed by atoms with Crippen molar-refractivity contribution in [3.63, 3.8) is 0 Å². The number of benzene rings is 6. The van der Waals surface area contributed by atoms with Crippen molar-refractivity contribution >= 4 is 43.1 Å². The van der Waals surface area contributed by atoms with Gasteiger partial charge in [0.25, 0.3) is 0 Å². The number of rotatable bonds is 4. The summed E-state index contributed by atoms with van der Waals surface area (Å²) in [6.07, 6.45) is 0. The van der Waals surface area contributed by atoms with Crippen molar-refractivity contribution in [1.82, 2.24) is 9.97 Å². The van der Waals surface area contributed by atoms with Crippen LogP contribution in [0.5, 0.6) is 11.5 Å². The molecule has 8 rings (SSSR count). The van der Waals surface area contributed by atoms with Crippen LogP contribution in [0, 0.1) is 0 Å². The number of thiazole rings is 2. The molecule has 0 fully saturated rings. The molecule has 0 aliphatic heterocycles. The maximum atomic E-state index is 10.0. The second kappa shape index (κ2) is 13.5. The Morgan fingerprint density at radius 2 is 0.733 bits per heavy atom. The summed E-state index contributed by atoms with van der Waals surface area (Å²) in [4.78, 5) is 9.38. The zero-order valence-corrected chi connectivity index (χ0v) is 28.8. The zero-order valence-electron chi connectivity index (χ0n) is 24.2. The molecule has 0 spiro atoms. The summed E-state index contributed by atoms with van der Waals surface area (Å²) in [5, 5.41) is 21.8. The molecule has 2 heterocycles. The molecule has 214 valence electrons. The molecule has 0 aliphatic rings. The summed E-state index contributed by atoms with van der Waals surface area (Å²) in [7, 11) is 0. The Hall–Kier alpha value is -4.68. The summed E-state index contributed by atoms with van der Waals surface area (Å²) in [6, 6.07) is 47.6. The molecule has 0 unspecified atom stereocenters. The van der Waals surface area contributed by atoms with E-state index in [1.54, 1.807) is 34.8 Å². The van der Waals surface area contributed by atoms with Crippen LogP contribution in [-0.4, -0.2) is 20.2 Å². The molecule has 2 N–H and O–H groups in total. The average Bonchev–Trinajstić information content (AvgIpc) is 3.71. The topological polar surface area (TPSA) is 66.2 Å². The Kier molecular flexibility index (Phi) is 9.13. The number of phenols is 2. The third-order valence-corrected chi connectivity index (χ3v) is 9.54. The van der Waals surface area contributed by atoms with Gasteiger partial charge in [-0.3, -0.25) is 0 Å². The molecule has 0 radical (unpaired) electrons. The normalized spacial score (nSPS) is 10.7. The number of fused-ring (bicyclic) bond motifs is 2. The van der Waals surface area contributed by atoms with Gasteiger partial charge in [0.2, 0.25) is 0 Å². The molecule has 0 amide bonds. The second-order valence-electron chi connectivity index (χ2n) is 10.1. The van der Waals surface area contributed by atoms with Crippen LogP contribution in [-0.2, 0) is 19.5 Å². The van der Waals surface area contributed by atoms with Gasteiger partial charge in [0.05, 0.1) is 31.6 Å². The Bertz CT molecular complexity index is 2050. The van der Waals surface area contributed by atoms with E-state index >= 15 is 0 Å². The molecule has 8 aromatic rings. The fraction of sp³-hybridized carbons (Fsp3) is 0. The molecule has 0 saturated heterocycles. The van der Waals surface area contributed by atoms with E-state index in [9.17, 15) is 10.2 Å². The van der Waals surface area contributed by atoms with Crippen molar-refractivity contribution in [3.8, 4) is 54.9 Å².